The molecule has 1 amide bonds. The molecule has 9 heteroatoms. The van der Waals surface area contributed by atoms with Crippen LogP contribution in [0.25, 0.3) is 0 Å². The van der Waals surface area contributed by atoms with Crippen LogP contribution in [0.15, 0.2) is 0 Å². The average Bonchev–Trinajstić information content (AvgIpc) is 2.35. The number of carbonyl (C=O) groups excluding carboxylic acids is 1. The van der Waals surface area contributed by atoms with Gasteiger partial charge in [-0.3, -0.25) is 9.69 Å². The topological polar surface area (TPSA) is 44.4 Å². The first-order valence-electron chi connectivity index (χ1n) is 6.86. The van der Waals surface area contributed by atoms with E-state index in [0.717, 1.165) is 0 Å². The molecule has 122 valence electrons. The van der Waals surface area contributed by atoms with Crippen LogP contribution in [0, 0.1) is 5.92 Å². The summed E-state index contributed by atoms with van der Waals surface area (Å²) in [5, 5.41) is 5.12. The second-order valence-corrected chi connectivity index (χ2v) is 5.55. The van der Waals surface area contributed by atoms with Crippen LogP contribution < -0.4 is 10.6 Å². The Kier molecular flexibility index (Phi) is 4.72. The molecule has 0 aromatic carbocycles. The first-order valence-corrected chi connectivity index (χ1v) is 6.86. The van der Waals surface area contributed by atoms with E-state index in [0.29, 0.717) is 13.1 Å². The van der Waals surface area contributed by atoms with Crippen molar-refractivity contribution in [1.29, 1.82) is 0 Å². The van der Waals surface area contributed by atoms with E-state index in [4.69, 9.17) is 0 Å². The zero-order valence-corrected chi connectivity index (χ0v) is 11.3. The molecule has 1 saturated heterocycles. The summed E-state index contributed by atoms with van der Waals surface area (Å²) >= 11 is 0. The Morgan fingerprint density at radius 2 is 1.86 bits per heavy atom. The first kappa shape index (κ1) is 16.4. The molecule has 1 saturated carbocycles. The van der Waals surface area contributed by atoms with Crippen molar-refractivity contribution in [1.82, 2.24) is 15.5 Å². The summed E-state index contributed by atoms with van der Waals surface area (Å²) in [6.07, 6.45) is -5.62. The van der Waals surface area contributed by atoms with E-state index in [1.54, 1.807) is 0 Å². The first-order chi connectivity index (χ1) is 9.69. The Balaban J connectivity index is 1.86. The van der Waals surface area contributed by atoms with E-state index in [1.165, 1.54) is 4.90 Å². The second kappa shape index (κ2) is 6.04. The van der Waals surface area contributed by atoms with Crippen molar-refractivity contribution < 1.29 is 26.7 Å². The van der Waals surface area contributed by atoms with E-state index in [2.05, 4.69) is 10.6 Å². The lowest BCUT2D eigenvalue weighted by molar-refractivity contribution is -0.185. The molecule has 1 aliphatic heterocycles. The summed E-state index contributed by atoms with van der Waals surface area (Å²) in [6, 6.07) is -1.77. The molecule has 0 bridgehead atoms. The standard InChI is InChI=1S/C12H18F5N3O/c13-11(14)5-8(6-11)10(21)19-7-9(12(15,16)17)20-3-1-18-2-4-20/h8-9,18H,1-7H2,(H,19,21). The van der Waals surface area contributed by atoms with Crippen LogP contribution in [0.3, 0.4) is 0 Å². The van der Waals surface area contributed by atoms with E-state index < -0.39 is 49.4 Å². The number of hydrogen-bond donors (Lipinski definition) is 2. The predicted molar refractivity (Wildman–Crippen MR) is 65.0 cm³/mol. The molecule has 4 nitrogen and oxygen atoms in total. The molecular formula is C12H18F5N3O. The predicted octanol–water partition coefficient (Wildman–Crippen LogP) is 0.984. The van der Waals surface area contributed by atoms with Crippen molar-refractivity contribution in [2.75, 3.05) is 32.7 Å². The third-order valence-corrected chi connectivity index (χ3v) is 3.90. The monoisotopic (exact) mass is 315 g/mol. The Hall–Kier alpha value is -0.960. The molecule has 0 radical (unpaired) electrons. The molecule has 2 fully saturated rings. The van der Waals surface area contributed by atoms with Crippen LogP contribution in [0.5, 0.6) is 0 Å². The smallest absolute Gasteiger partial charge is 0.354 e. The molecule has 0 aromatic rings. The lowest BCUT2D eigenvalue weighted by atomic mass is 9.81. The normalized spacial score (nSPS) is 25.2. The third kappa shape index (κ3) is 4.26. The summed E-state index contributed by atoms with van der Waals surface area (Å²) in [7, 11) is 0. The van der Waals surface area contributed by atoms with Gasteiger partial charge < -0.3 is 10.6 Å². The maximum atomic E-state index is 13.0. The molecule has 1 heterocycles. The summed E-state index contributed by atoms with van der Waals surface area (Å²) in [5.74, 6) is -4.45. The number of nitrogens with one attached hydrogen (secondary N) is 2. The minimum Gasteiger partial charge on any atom is -0.354 e. The summed E-state index contributed by atoms with van der Waals surface area (Å²) in [4.78, 5) is 12.8. The molecule has 1 unspecified atom stereocenters. The van der Waals surface area contributed by atoms with Crippen molar-refractivity contribution in [3.63, 3.8) is 0 Å². The van der Waals surface area contributed by atoms with E-state index in [1.807, 2.05) is 0 Å². The van der Waals surface area contributed by atoms with Gasteiger partial charge >= 0.3 is 6.18 Å². The van der Waals surface area contributed by atoms with Gasteiger partial charge in [-0.2, -0.15) is 13.2 Å². The fourth-order valence-electron chi connectivity index (χ4n) is 2.63. The zero-order valence-electron chi connectivity index (χ0n) is 11.3. The number of amides is 1. The van der Waals surface area contributed by atoms with Crippen LogP contribution in [0.4, 0.5) is 22.0 Å². The summed E-state index contributed by atoms with van der Waals surface area (Å²) in [5.41, 5.74) is 0. The summed E-state index contributed by atoms with van der Waals surface area (Å²) in [6.45, 7) is 0.790. The lowest BCUT2D eigenvalue weighted by Crippen LogP contribution is -2.58. The molecule has 1 aliphatic carbocycles. The Morgan fingerprint density at radius 1 is 1.29 bits per heavy atom. The SMILES string of the molecule is O=C(NCC(N1CCNCC1)C(F)(F)F)C1CC(F)(F)C1. The van der Waals surface area contributed by atoms with Gasteiger partial charge in [0.05, 0.1) is 0 Å². The second-order valence-electron chi connectivity index (χ2n) is 5.55. The van der Waals surface area contributed by atoms with E-state index in [-0.39, 0.29) is 13.1 Å². The number of carbonyl (C=O) groups is 1. The zero-order chi connectivity index (χ0) is 15.7. The Morgan fingerprint density at radius 3 is 2.33 bits per heavy atom. The van der Waals surface area contributed by atoms with Crippen molar-refractivity contribution in [3.05, 3.63) is 0 Å². The third-order valence-electron chi connectivity index (χ3n) is 3.90. The van der Waals surface area contributed by atoms with Gasteiger partial charge in [-0.1, -0.05) is 0 Å². The molecular weight excluding hydrogens is 297 g/mol. The minimum absolute atomic E-state index is 0.238. The molecule has 0 spiro atoms. The maximum Gasteiger partial charge on any atom is 0.405 e. The molecule has 21 heavy (non-hydrogen) atoms. The number of hydrogen-bond acceptors (Lipinski definition) is 3. The van der Waals surface area contributed by atoms with Crippen LogP contribution in [-0.4, -0.2) is 61.7 Å². The average molecular weight is 315 g/mol. The Labute approximate surface area is 119 Å². The molecule has 2 aliphatic rings. The minimum atomic E-state index is -4.46. The van der Waals surface area contributed by atoms with Gasteiger partial charge in [0, 0.05) is 51.5 Å². The molecule has 2 rings (SSSR count). The molecule has 2 N–H and O–H groups in total. The summed E-state index contributed by atoms with van der Waals surface area (Å²) < 4.78 is 64.4. The fourth-order valence-corrected chi connectivity index (χ4v) is 2.63. The number of halogens is 5. The maximum absolute atomic E-state index is 13.0. The Bertz CT molecular complexity index is 374. The number of nitrogens with zero attached hydrogens (tertiary/aromatic N) is 1. The fraction of sp³-hybridized carbons (Fsp3) is 0.917. The van der Waals surface area contributed by atoms with Gasteiger partial charge in [0.2, 0.25) is 11.8 Å². The number of alkyl halides is 5. The van der Waals surface area contributed by atoms with Gasteiger partial charge in [0.1, 0.15) is 6.04 Å². The van der Waals surface area contributed by atoms with Crippen molar-refractivity contribution >= 4 is 5.91 Å². The largest absolute Gasteiger partial charge is 0.405 e. The highest BCUT2D eigenvalue weighted by Gasteiger charge is 2.49. The quantitative estimate of drug-likeness (QED) is 0.760. The van der Waals surface area contributed by atoms with Crippen LogP contribution in [-0.2, 0) is 4.79 Å². The van der Waals surface area contributed by atoms with Gasteiger partial charge in [-0.25, -0.2) is 8.78 Å². The highest BCUT2D eigenvalue weighted by atomic mass is 19.4. The van der Waals surface area contributed by atoms with Gasteiger partial charge in [0.25, 0.3) is 0 Å². The van der Waals surface area contributed by atoms with Crippen molar-refractivity contribution in [2.45, 2.75) is 31.0 Å². The molecule has 1 atom stereocenters. The number of rotatable bonds is 4. The van der Waals surface area contributed by atoms with Crippen LogP contribution >= 0.6 is 0 Å². The highest BCUT2D eigenvalue weighted by Crippen LogP contribution is 2.42. The van der Waals surface area contributed by atoms with E-state index >= 15 is 0 Å². The highest BCUT2D eigenvalue weighted by molar-refractivity contribution is 5.79. The van der Waals surface area contributed by atoms with Gasteiger partial charge in [-0.05, 0) is 0 Å². The van der Waals surface area contributed by atoms with Crippen LogP contribution in [0.1, 0.15) is 12.8 Å². The molecule has 0 aromatic heterocycles. The lowest BCUT2D eigenvalue weighted by Gasteiger charge is -2.37. The van der Waals surface area contributed by atoms with E-state index in [9.17, 15) is 26.7 Å². The van der Waals surface area contributed by atoms with Crippen molar-refractivity contribution in [2.24, 2.45) is 5.92 Å². The van der Waals surface area contributed by atoms with Crippen molar-refractivity contribution in [3.8, 4) is 0 Å². The van der Waals surface area contributed by atoms with Crippen LogP contribution in [0.2, 0.25) is 0 Å². The van der Waals surface area contributed by atoms with Gasteiger partial charge in [-0.15, -0.1) is 0 Å². The van der Waals surface area contributed by atoms with Gasteiger partial charge in [0.15, 0.2) is 0 Å². The number of piperazine rings is 1.